The van der Waals surface area contributed by atoms with Gasteiger partial charge in [-0.15, -0.1) is 11.8 Å². The third-order valence-electron chi connectivity index (χ3n) is 3.81. The van der Waals surface area contributed by atoms with Crippen molar-refractivity contribution in [3.8, 4) is 0 Å². The highest BCUT2D eigenvalue weighted by atomic mass is 32.2. The van der Waals surface area contributed by atoms with Crippen LogP contribution in [0, 0.1) is 11.6 Å². The Morgan fingerprint density at radius 2 is 1.88 bits per heavy atom. The monoisotopic (exact) mass is 376 g/mol. The molecule has 0 radical (unpaired) electrons. The number of benzene rings is 2. The molecule has 0 saturated heterocycles. The number of hydrogen-bond donors (Lipinski definition) is 2. The van der Waals surface area contributed by atoms with E-state index in [0.717, 1.165) is 25.0 Å². The van der Waals surface area contributed by atoms with E-state index < -0.39 is 11.6 Å². The summed E-state index contributed by atoms with van der Waals surface area (Å²) in [7, 11) is 0. The van der Waals surface area contributed by atoms with Gasteiger partial charge in [-0.2, -0.15) is 0 Å². The molecule has 0 heterocycles. The first-order valence-electron chi connectivity index (χ1n) is 8.30. The number of carbonyl (C=O) groups is 2. The summed E-state index contributed by atoms with van der Waals surface area (Å²) in [6.07, 6.45) is 2.23. The standard InChI is InChI=1S/C19H18F2N2O2S/c20-16-7-6-15(11-17(16)21)26-9-8-18(24)22-14-3-1-2-12(10-14)19(25)23-13-4-5-13/h1-3,6-7,10-11,13H,4-5,8-9H2,(H,22,24)(H,23,25). The van der Waals surface area contributed by atoms with Gasteiger partial charge in [-0.05, 0) is 49.2 Å². The average molecular weight is 376 g/mol. The van der Waals surface area contributed by atoms with Gasteiger partial charge in [0.25, 0.3) is 5.91 Å². The highest BCUT2D eigenvalue weighted by molar-refractivity contribution is 7.99. The van der Waals surface area contributed by atoms with Crippen molar-refractivity contribution in [3.05, 3.63) is 59.7 Å². The Morgan fingerprint density at radius 3 is 2.62 bits per heavy atom. The molecule has 1 fully saturated rings. The molecule has 0 aromatic heterocycles. The summed E-state index contributed by atoms with van der Waals surface area (Å²) in [5, 5.41) is 5.65. The Labute approximate surface area is 154 Å². The van der Waals surface area contributed by atoms with Gasteiger partial charge < -0.3 is 10.6 Å². The van der Waals surface area contributed by atoms with Gasteiger partial charge in [0.15, 0.2) is 11.6 Å². The first kappa shape index (κ1) is 18.4. The van der Waals surface area contributed by atoms with Crippen LogP contribution in [0.2, 0.25) is 0 Å². The predicted octanol–water partition coefficient (Wildman–Crippen LogP) is 3.98. The first-order valence-corrected chi connectivity index (χ1v) is 9.28. The zero-order valence-electron chi connectivity index (χ0n) is 13.9. The normalized spacial score (nSPS) is 13.3. The maximum absolute atomic E-state index is 13.1. The minimum absolute atomic E-state index is 0.141. The van der Waals surface area contributed by atoms with Crippen LogP contribution in [0.3, 0.4) is 0 Å². The Balaban J connectivity index is 1.48. The van der Waals surface area contributed by atoms with E-state index in [9.17, 15) is 18.4 Å². The van der Waals surface area contributed by atoms with Crippen molar-refractivity contribution in [2.45, 2.75) is 30.2 Å². The second-order valence-electron chi connectivity index (χ2n) is 6.05. The molecule has 0 unspecified atom stereocenters. The number of nitrogens with one attached hydrogen (secondary N) is 2. The predicted molar refractivity (Wildman–Crippen MR) is 97.3 cm³/mol. The lowest BCUT2D eigenvalue weighted by Gasteiger charge is -2.08. The molecule has 1 aliphatic carbocycles. The topological polar surface area (TPSA) is 58.2 Å². The van der Waals surface area contributed by atoms with Crippen molar-refractivity contribution in [1.82, 2.24) is 5.32 Å². The molecule has 2 aromatic rings. The van der Waals surface area contributed by atoms with E-state index in [0.29, 0.717) is 21.9 Å². The van der Waals surface area contributed by atoms with Gasteiger partial charge in [0.05, 0.1) is 0 Å². The van der Waals surface area contributed by atoms with E-state index >= 15 is 0 Å². The van der Waals surface area contributed by atoms with Crippen LogP contribution >= 0.6 is 11.8 Å². The fourth-order valence-corrected chi connectivity index (χ4v) is 3.16. The summed E-state index contributed by atoms with van der Waals surface area (Å²) >= 11 is 1.27. The molecule has 1 aliphatic rings. The molecule has 0 bridgehead atoms. The fourth-order valence-electron chi connectivity index (χ4n) is 2.29. The van der Waals surface area contributed by atoms with Crippen LogP contribution < -0.4 is 10.6 Å². The number of amides is 2. The Morgan fingerprint density at radius 1 is 1.08 bits per heavy atom. The number of carbonyl (C=O) groups excluding carboxylic acids is 2. The second-order valence-corrected chi connectivity index (χ2v) is 7.22. The Bertz CT molecular complexity index is 825. The van der Waals surface area contributed by atoms with E-state index in [1.807, 2.05) is 0 Å². The van der Waals surface area contributed by atoms with Crippen LogP contribution in [0.1, 0.15) is 29.6 Å². The Kier molecular flexibility index (Phi) is 5.88. The van der Waals surface area contributed by atoms with Gasteiger partial charge in [-0.3, -0.25) is 9.59 Å². The molecule has 2 amide bonds. The molecule has 136 valence electrons. The average Bonchev–Trinajstić information content (AvgIpc) is 3.42. The van der Waals surface area contributed by atoms with Gasteiger partial charge in [0.2, 0.25) is 5.91 Å². The zero-order chi connectivity index (χ0) is 18.5. The summed E-state index contributed by atoms with van der Waals surface area (Å²) in [4.78, 5) is 24.6. The van der Waals surface area contributed by atoms with E-state index in [1.54, 1.807) is 24.3 Å². The number of anilines is 1. The molecule has 0 spiro atoms. The molecule has 2 N–H and O–H groups in total. The van der Waals surface area contributed by atoms with Gasteiger partial charge in [0.1, 0.15) is 0 Å². The van der Waals surface area contributed by atoms with Crippen LogP contribution in [0.15, 0.2) is 47.4 Å². The van der Waals surface area contributed by atoms with Crippen molar-refractivity contribution in [3.63, 3.8) is 0 Å². The number of rotatable bonds is 7. The third-order valence-corrected chi connectivity index (χ3v) is 4.81. The third kappa shape index (κ3) is 5.29. The largest absolute Gasteiger partial charge is 0.349 e. The number of hydrogen-bond acceptors (Lipinski definition) is 3. The van der Waals surface area contributed by atoms with Crippen LogP contribution in [0.5, 0.6) is 0 Å². The molecule has 1 saturated carbocycles. The lowest BCUT2D eigenvalue weighted by Crippen LogP contribution is -2.25. The van der Waals surface area contributed by atoms with Crippen LogP contribution in [-0.2, 0) is 4.79 Å². The van der Waals surface area contributed by atoms with E-state index in [2.05, 4.69) is 10.6 Å². The summed E-state index contributed by atoms with van der Waals surface area (Å²) in [6.45, 7) is 0. The molecule has 26 heavy (non-hydrogen) atoms. The van der Waals surface area contributed by atoms with Gasteiger partial charge in [-0.1, -0.05) is 6.07 Å². The van der Waals surface area contributed by atoms with Crippen molar-refractivity contribution in [1.29, 1.82) is 0 Å². The van der Waals surface area contributed by atoms with Gasteiger partial charge in [0, 0.05) is 34.4 Å². The van der Waals surface area contributed by atoms with E-state index in [-0.39, 0.29) is 24.3 Å². The smallest absolute Gasteiger partial charge is 0.251 e. The SMILES string of the molecule is O=C(CCSc1ccc(F)c(F)c1)Nc1cccc(C(=O)NC2CC2)c1. The highest BCUT2D eigenvalue weighted by Crippen LogP contribution is 2.22. The molecule has 3 rings (SSSR count). The van der Waals surface area contributed by atoms with E-state index in [1.165, 1.54) is 17.8 Å². The van der Waals surface area contributed by atoms with Crippen molar-refractivity contribution in [2.75, 3.05) is 11.1 Å². The minimum atomic E-state index is -0.902. The van der Waals surface area contributed by atoms with Crippen LogP contribution in [0.4, 0.5) is 14.5 Å². The first-order chi connectivity index (χ1) is 12.5. The van der Waals surface area contributed by atoms with Gasteiger partial charge >= 0.3 is 0 Å². The molecule has 0 atom stereocenters. The second kappa shape index (κ2) is 8.31. The molecule has 7 heteroatoms. The van der Waals surface area contributed by atoms with Crippen molar-refractivity contribution >= 4 is 29.3 Å². The Hall–Kier alpha value is -2.41. The number of halogens is 2. The molecular weight excluding hydrogens is 358 g/mol. The molecular formula is C19H18F2N2O2S. The number of thioether (sulfide) groups is 1. The molecule has 4 nitrogen and oxygen atoms in total. The summed E-state index contributed by atoms with van der Waals surface area (Å²) in [6, 6.07) is 10.7. The molecule has 0 aliphatic heterocycles. The lowest BCUT2D eigenvalue weighted by atomic mass is 10.2. The quantitative estimate of drug-likeness (QED) is 0.719. The summed E-state index contributed by atoms with van der Waals surface area (Å²) in [5.41, 5.74) is 1.06. The van der Waals surface area contributed by atoms with Crippen LogP contribution in [-0.4, -0.2) is 23.6 Å². The molecule has 2 aromatic carbocycles. The maximum atomic E-state index is 13.1. The fraction of sp³-hybridized carbons (Fsp3) is 0.263. The summed E-state index contributed by atoms with van der Waals surface area (Å²) < 4.78 is 26.0. The zero-order valence-corrected chi connectivity index (χ0v) is 14.7. The minimum Gasteiger partial charge on any atom is -0.349 e. The van der Waals surface area contributed by atoms with Crippen LogP contribution in [0.25, 0.3) is 0 Å². The maximum Gasteiger partial charge on any atom is 0.251 e. The summed E-state index contributed by atoms with van der Waals surface area (Å²) in [5.74, 6) is -1.71. The highest BCUT2D eigenvalue weighted by Gasteiger charge is 2.23. The van der Waals surface area contributed by atoms with Crippen molar-refractivity contribution in [2.24, 2.45) is 0 Å². The van der Waals surface area contributed by atoms with Gasteiger partial charge in [-0.25, -0.2) is 8.78 Å². The van der Waals surface area contributed by atoms with Crippen molar-refractivity contribution < 1.29 is 18.4 Å². The van der Waals surface area contributed by atoms with E-state index in [4.69, 9.17) is 0 Å². The lowest BCUT2D eigenvalue weighted by molar-refractivity contribution is -0.115.